The molecule has 1 saturated heterocycles. The molecule has 0 amide bonds. The molecule has 21 heavy (non-hydrogen) atoms. The lowest BCUT2D eigenvalue weighted by atomic mass is 10.1. The molecule has 2 aromatic rings. The molecule has 2 fully saturated rings. The Hall–Kier alpha value is -1.95. The molecule has 1 aliphatic carbocycles. The van der Waals surface area contributed by atoms with Crippen molar-refractivity contribution >= 4 is 16.9 Å². The highest BCUT2D eigenvalue weighted by Crippen LogP contribution is 2.39. The second-order valence-electron chi connectivity index (χ2n) is 5.90. The fourth-order valence-corrected chi connectivity index (χ4v) is 3.02. The Bertz CT molecular complexity index is 745. The van der Waals surface area contributed by atoms with E-state index in [1.807, 2.05) is 12.1 Å². The van der Waals surface area contributed by atoms with Crippen molar-refractivity contribution in [3.8, 4) is 0 Å². The molecule has 1 atom stereocenters. The average molecular weight is 286 g/mol. The van der Waals surface area contributed by atoms with Crippen LogP contribution in [0.3, 0.4) is 0 Å². The first-order valence-corrected chi connectivity index (χ1v) is 7.50. The van der Waals surface area contributed by atoms with Crippen molar-refractivity contribution in [2.45, 2.75) is 37.6 Å². The molecule has 2 aromatic heterocycles. The fourth-order valence-electron chi connectivity index (χ4n) is 3.02. The van der Waals surface area contributed by atoms with Crippen LogP contribution in [0.2, 0.25) is 0 Å². The van der Waals surface area contributed by atoms with Gasteiger partial charge in [-0.25, -0.2) is 9.78 Å². The average Bonchev–Trinajstić information content (AvgIpc) is 3.32. The van der Waals surface area contributed by atoms with Crippen molar-refractivity contribution in [2.24, 2.45) is 0 Å². The number of hydrogen-bond acceptors (Lipinski definition) is 5. The summed E-state index contributed by atoms with van der Waals surface area (Å²) in [6, 6.07) is 3.95. The summed E-state index contributed by atoms with van der Waals surface area (Å²) >= 11 is 0. The van der Waals surface area contributed by atoms with Gasteiger partial charge in [-0.15, -0.1) is 0 Å². The smallest absolute Gasteiger partial charge is 0.351 e. The summed E-state index contributed by atoms with van der Waals surface area (Å²) in [6.45, 7) is 1.29. The summed E-state index contributed by atoms with van der Waals surface area (Å²) in [5.74, 6) is 0.799. The predicted molar refractivity (Wildman–Crippen MR) is 79.3 cm³/mol. The summed E-state index contributed by atoms with van der Waals surface area (Å²) in [7, 11) is 0. The van der Waals surface area contributed by atoms with Gasteiger partial charge in [0.2, 0.25) is 0 Å². The van der Waals surface area contributed by atoms with Gasteiger partial charge in [-0.3, -0.25) is 4.57 Å². The molecule has 4 rings (SSSR count). The van der Waals surface area contributed by atoms with Gasteiger partial charge in [-0.2, -0.15) is 4.98 Å². The fraction of sp³-hybridized carbons (Fsp3) is 0.533. The van der Waals surface area contributed by atoms with Crippen LogP contribution in [0.4, 0.5) is 5.82 Å². The minimum absolute atomic E-state index is 0.00352. The number of ether oxygens (including phenoxy) is 1. The molecule has 0 radical (unpaired) electrons. The summed E-state index contributed by atoms with van der Waals surface area (Å²) in [5, 5.41) is 0.754. The zero-order valence-corrected chi connectivity index (χ0v) is 11.8. The van der Waals surface area contributed by atoms with Gasteiger partial charge in [0.1, 0.15) is 11.5 Å². The number of pyridine rings is 1. The van der Waals surface area contributed by atoms with E-state index in [0.29, 0.717) is 18.2 Å². The molecule has 3 heterocycles. The number of anilines is 1. The standard InChI is InChI=1S/C15H18N4O2/c16-13-11-5-6-12(9-3-4-9)17-14(11)19(15(20)18-13)10-2-1-7-21-8-10/h5-6,9-10H,1-4,7-8H2,(H2,16,18,20). The minimum Gasteiger partial charge on any atom is -0.383 e. The van der Waals surface area contributed by atoms with E-state index in [0.717, 1.165) is 30.5 Å². The zero-order valence-electron chi connectivity index (χ0n) is 11.8. The van der Waals surface area contributed by atoms with Crippen LogP contribution < -0.4 is 11.4 Å². The molecule has 0 bridgehead atoms. The highest BCUT2D eigenvalue weighted by atomic mass is 16.5. The SMILES string of the molecule is Nc1nc(=O)n(C2CCCOC2)c2nc(C3CC3)ccc12. The van der Waals surface area contributed by atoms with E-state index in [9.17, 15) is 4.79 Å². The van der Waals surface area contributed by atoms with Crippen LogP contribution in [0, 0.1) is 0 Å². The lowest BCUT2D eigenvalue weighted by Crippen LogP contribution is -2.33. The second kappa shape index (κ2) is 4.80. The van der Waals surface area contributed by atoms with Gasteiger partial charge in [0.25, 0.3) is 0 Å². The number of nitrogens with zero attached hydrogens (tertiary/aromatic N) is 3. The van der Waals surface area contributed by atoms with Gasteiger partial charge in [-0.05, 0) is 37.8 Å². The summed E-state index contributed by atoms with van der Waals surface area (Å²) < 4.78 is 7.19. The van der Waals surface area contributed by atoms with Crippen molar-refractivity contribution in [1.29, 1.82) is 0 Å². The molecule has 6 nitrogen and oxygen atoms in total. The first kappa shape index (κ1) is 12.8. The zero-order chi connectivity index (χ0) is 14.4. The topological polar surface area (TPSA) is 83.0 Å². The second-order valence-corrected chi connectivity index (χ2v) is 5.90. The van der Waals surface area contributed by atoms with Gasteiger partial charge in [0.05, 0.1) is 18.0 Å². The van der Waals surface area contributed by atoms with Crippen LogP contribution in [0.5, 0.6) is 0 Å². The van der Waals surface area contributed by atoms with Gasteiger partial charge < -0.3 is 10.5 Å². The van der Waals surface area contributed by atoms with Crippen LogP contribution in [-0.4, -0.2) is 27.7 Å². The number of nitrogens with two attached hydrogens (primary N) is 1. The Labute approximate surface area is 122 Å². The first-order chi connectivity index (χ1) is 10.2. The number of nitrogen functional groups attached to an aromatic ring is 1. The van der Waals surface area contributed by atoms with Crippen LogP contribution in [0.15, 0.2) is 16.9 Å². The van der Waals surface area contributed by atoms with E-state index >= 15 is 0 Å². The van der Waals surface area contributed by atoms with Crippen LogP contribution in [-0.2, 0) is 4.74 Å². The van der Waals surface area contributed by atoms with Gasteiger partial charge in [0, 0.05) is 18.2 Å². The third-order valence-corrected chi connectivity index (χ3v) is 4.32. The van der Waals surface area contributed by atoms with Crippen LogP contribution in [0.25, 0.3) is 11.0 Å². The largest absolute Gasteiger partial charge is 0.383 e. The Morgan fingerprint density at radius 1 is 1.24 bits per heavy atom. The molecular weight excluding hydrogens is 268 g/mol. The first-order valence-electron chi connectivity index (χ1n) is 7.50. The summed E-state index contributed by atoms with van der Waals surface area (Å²) in [5.41, 5.74) is 7.29. The van der Waals surface area contributed by atoms with E-state index in [-0.39, 0.29) is 17.5 Å². The van der Waals surface area contributed by atoms with Crippen LogP contribution in [0.1, 0.15) is 43.3 Å². The molecule has 6 heteroatoms. The number of hydrogen-bond donors (Lipinski definition) is 1. The molecule has 1 aliphatic heterocycles. The molecule has 110 valence electrons. The maximum absolute atomic E-state index is 12.3. The van der Waals surface area contributed by atoms with E-state index in [4.69, 9.17) is 15.5 Å². The van der Waals surface area contributed by atoms with Crippen molar-refractivity contribution in [3.63, 3.8) is 0 Å². The Kier molecular flexibility index (Phi) is 2.92. The lowest BCUT2D eigenvalue weighted by molar-refractivity contribution is 0.0589. The van der Waals surface area contributed by atoms with Gasteiger partial charge >= 0.3 is 5.69 Å². The molecule has 1 saturated carbocycles. The summed E-state index contributed by atoms with van der Waals surface area (Å²) in [4.78, 5) is 21.0. The Morgan fingerprint density at radius 3 is 2.81 bits per heavy atom. The highest BCUT2D eigenvalue weighted by Gasteiger charge is 2.27. The van der Waals surface area contributed by atoms with Crippen molar-refractivity contribution in [2.75, 3.05) is 18.9 Å². The maximum atomic E-state index is 12.3. The minimum atomic E-state index is -0.323. The van der Waals surface area contributed by atoms with Crippen molar-refractivity contribution < 1.29 is 4.74 Å². The molecule has 1 unspecified atom stereocenters. The summed E-state index contributed by atoms with van der Waals surface area (Å²) in [6.07, 6.45) is 4.22. The molecule has 2 N–H and O–H groups in total. The molecular formula is C15H18N4O2. The van der Waals surface area contributed by atoms with E-state index in [2.05, 4.69) is 4.98 Å². The van der Waals surface area contributed by atoms with E-state index in [1.54, 1.807) is 4.57 Å². The van der Waals surface area contributed by atoms with Crippen molar-refractivity contribution in [1.82, 2.24) is 14.5 Å². The lowest BCUT2D eigenvalue weighted by Gasteiger charge is -2.25. The third kappa shape index (κ3) is 2.19. The molecule has 0 aromatic carbocycles. The number of aromatic nitrogens is 3. The van der Waals surface area contributed by atoms with Crippen molar-refractivity contribution in [3.05, 3.63) is 28.3 Å². The van der Waals surface area contributed by atoms with E-state index < -0.39 is 0 Å². The Morgan fingerprint density at radius 2 is 2.10 bits per heavy atom. The predicted octanol–water partition coefficient (Wildman–Crippen LogP) is 1.60. The third-order valence-electron chi connectivity index (χ3n) is 4.32. The van der Waals surface area contributed by atoms with Crippen LogP contribution >= 0.6 is 0 Å². The quantitative estimate of drug-likeness (QED) is 0.906. The van der Waals surface area contributed by atoms with Gasteiger partial charge in [-0.1, -0.05) is 0 Å². The van der Waals surface area contributed by atoms with Gasteiger partial charge in [0.15, 0.2) is 0 Å². The Balaban J connectivity index is 1.93. The monoisotopic (exact) mass is 286 g/mol. The molecule has 0 spiro atoms. The normalized spacial score (nSPS) is 22.6. The highest BCUT2D eigenvalue weighted by molar-refractivity contribution is 5.85. The number of rotatable bonds is 2. The molecule has 2 aliphatic rings. The maximum Gasteiger partial charge on any atom is 0.351 e. The van der Waals surface area contributed by atoms with E-state index in [1.165, 1.54) is 12.8 Å². The number of fused-ring (bicyclic) bond motifs is 1.